The Hall–Kier alpha value is -3.03. The summed E-state index contributed by atoms with van der Waals surface area (Å²) in [5, 5.41) is 0. The first-order valence-corrected chi connectivity index (χ1v) is 8.66. The van der Waals surface area contributed by atoms with Crippen molar-refractivity contribution in [1.82, 2.24) is 0 Å². The molecule has 0 aromatic heterocycles. The van der Waals surface area contributed by atoms with Gasteiger partial charge in [0.2, 0.25) is 0 Å². The highest BCUT2D eigenvalue weighted by atomic mass is 19.4. The molecule has 0 aliphatic carbocycles. The maximum Gasteiger partial charge on any atom is 0.422 e. The van der Waals surface area contributed by atoms with E-state index in [0.717, 1.165) is 0 Å². The molecule has 1 atom stereocenters. The molecule has 0 aromatic rings. The lowest BCUT2D eigenvalue weighted by Crippen LogP contribution is -2.60. The fourth-order valence-electron chi connectivity index (χ4n) is 1.74. The summed E-state index contributed by atoms with van der Waals surface area (Å²) in [5.41, 5.74) is -4.01. The highest BCUT2D eigenvalue weighted by Crippen LogP contribution is 2.35. The highest BCUT2D eigenvalue weighted by Gasteiger charge is 2.66. The van der Waals surface area contributed by atoms with Gasteiger partial charge in [0.05, 0.1) is 25.4 Å². The molecule has 9 nitrogen and oxygen atoms in total. The molecule has 0 aliphatic rings. The van der Waals surface area contributed by atoms with Crippen LogP contribution < -0.4 is 0 Å². The summed E-state index contributed by atoms with van der Waals surface area (Å²) in [6.45, 7) is 3.59. The molecule has 0 saturated heterocycles. The minimum Gasteiger partial charge on any atom is -0.463 e. The van der Waals surface area contributed by atoms with Crippen molar-refractivity contribution in [2.75, 3.05) is 33.0 Å². The van der Waals surface area contributed by atoms with E-state index in [0.29, 0.717) is 0 Å². The molecule has 0 spiro atoms. The lowest BCUT2D eigenvalue weighted by Gasteiger charge is -2.32. The number of halogens is 5. The predicted molar refractivity (Wildman–Crippen MR) is 94.2 cm³/mol. The van der Waals surface area contributed by atoms with Gasteiger partial charge in [-0.05, 0) is 13.8 Å². The van der Waals surface area contributed by atoms with Crippen LogP contribution in [0.1, 0.15) is 13.8 Å². The first-order valence-electron chi connectivity index (χ1n) is 8.66. The van der Waals surface area contributed by atoms with E-state index < -0.39 is 61.4 Å². The van der Waals surface area contributed by atoms with E-state index in [4.69, 9.17) is 4.74 Å². The van der Waals surface area contributed by atoms with Gasteiger partial charge in [0, 0.05) is 0 Å². The first-order chi connectivity index (χ1) is 14.6. The fourth-order valence-corrected chi connectivity index (χ4v) is 1.74. The van der Waals surface area contributed by atoms with Gasteiger partial charge in [-0.3, -0.25) is 0 Å². The van der Waals surface area contributed by atoms with Crippen LogP contribution in [0.4, 0.5) is 22.0 Å². The monoisotopic (exact) mass is 476 g/mol. The number of carbonyl (C=O) groups excluding carboxylic acids is 4. The van der Waals surface area contributed by atoms with Crippen molar-refractivity contribution in [3.8, 4) is 0 Å². The SMILES string of the molecule is C=CCOCC(=C)C(=O)OCC(=O)OC(C)(C(=O)OCC)C(F)(F)C(=O)OCC(F)(F)F. The van der Waals surface area contributed by atoms with E-state index in [2.05, 4.69) is 32.1 Å². The van der Waals surface area contributed by atoms with Crippen LogP contribution >= 0.6 is 0 Å². The Kier molecular flexibility index (Phi) is 11.0. The van der Waals surface area contributed by atoms with Gasteiger partial charge in [0.1, 0.15) is 0 Å². The van der Waals surface area contributed by atoms with Crippen molar-refractivity contribution < 1.29 is 64.8 Å². The summed E-state index contributed by atoms with van der Waals surface area (Å²) in [5.74, 6) is -12.8. The summed E-state index contributed by atoms with van der Waals surface area (Å²) in [7, 11) is 0. The van der Waals surface area contributed by atoms with Crippen molar-refractivity contribution >= 4 is 23.9 Å². The molecule has 0 N–H and O–H groups in total. The van der Waals surface area contributed by atoms with Crippen LogP contribution in [0.3, 0.4) is 0 Å². The van der Waals surface area contributed by atoms with Crippen LogP contribution in [-0.4, -0.2) is 74.6 Å². The van der Waals surface area contributed by atoms with Crippen molar-refractivity contribution in [3.63, 3.8) is 0 Å². The molecule has 0 heterocycles. The molecule has 0 aromatic carbocycles. The zero-order chi connectivity index (χ0) is 25.2. The average molecular weight is 476 g/mol. The lowest BCUT2D eigenvalue weighted by molar-refractivity contribution is -0.240. The third-order valence-corrected chi connectivity index (χ3v) is 3.33. The average Bonchev–Trinajstić information content (AvgIpc) is 2.69. The Labute approximate surface area is 179 Å². The predicted octanol–water partition coefficient (Wildman–Crippen LogP) is 1.89. The minimum atomic E-state index is -5.14. The molecule has 182 valence electrons. The van der Waals surface area contributed by atoms with Gasteiger partial charge in [0.15, 0.2) is 13.2 Å². The van der Waals surface area contributed by atoms with Crippen LogP contribution in [0, 0.1) is 0 Å². The summed E-state index contributed by atoms with van der Waals surface area (Å²) in [4.78, 5) is 47.1. The summed E-state index contributed by atoms with van der Waals surface area (Å²) in [6, 6.07) is 0. The molecule has 0 rings (SSSR count). The molecule has 32 heavy (non-hydrogen) atoms. The molecule has 0 saturated carbocycles. The Morgan fingerprint density at radius 2 is 1.53 bits per heavy atom. The lowest BCUT2D eigenvalue weighted by atomic mass is 9.97. The Morgan fingerprint density at radius 3 is 2.03 bits per heavy atom. The van der Waals surface area contributed by atoms with Gasteiger partial charge in [-0.2, -0.15) is 22.0 Å². The number of alkyl halides is 5. The van der Waals surface area contributed by atoms with Gasteiger partial charge in [-0.15, -0.1) is 6.58 Å². The van der Waals surface area contributed by atoms with E-state index in [1.807, 2.05) is 0 Å². The first kappa shape index (κ1) is 29.0. The van der Waals surface area contributed by atoms with Crippen molar-refractivity contribution in [2.24, 2.45) is 0 Å². The number of hydrogen-bond donors (Lipinski definition) is 0. The fraction of sp³-hybridized carbons (Fsp3) is 0.556. The second-order valence-electron chi connectivity index (χ2n) is 5.98. The molecular weight excluding hydrogens is 455 g/mol. The number of hydrogen-bond acceptors (Lipinski definition) is 9. The zero-order valence-corrected chi connectivity index (χ0v) is 17.1. The third-order valence-electron chi connectivity index (χ3n) is 3.33. The number of ether oxygens (including phenoxy) is 5. The molecule has 0 bridgehead atoms. The smallest absolute Gasteiger partial charge is 0.422 e. The highest BCUT2D eigenvalue weighted by molar-refractivity contribution is 5.94. The number of rotatable bonds is 13. The number of esters is 4. The van der Waals surface area contributed by atoms with Crippen LogP contribution in [-0.2, 0) is 42.9 Å². The van der Waals surface area contributed by atoms with Gasteiger partial charge in [-0.1, -0.05) is 12.7 Å². The second kappa shape index (κ2) is 12.1. The van der Waals surface area contributed by atoms with Gasteiger partial charge >= 0.3 is 36.0 Å². The van der Waals surface area contributed by atoms with Crippen molar-refractivity contribution in [1.29, 1.82) is 0 Å². The quantitative estimate of drug-likeness (QED) is 0.0982. The topological polar surface area (TPSA) is 114 Å². The summed E-state index contributed by atoms with van der Waals surface area (Å²) >= 11 is 0. The third kappa shape index (κ3) is 8.61. The van der Waals surface area contributed by atoms with Crippen LogP contribution in [0.5, 0.6) is 0 Å². The van der Waals surface area contributed by atoms with E-state index >= 15 is 0 Å². The molecule has 0 radical (unpaired) electrons. The van der Waals surface area contributed by atoms with Gasteiger partial charge < -0.3 is 23.7 Å². The Bertz CT molecular complexity index is 733. The zero-order valence-electron chi connectivity index (χ0n) is 17.1. The van der Waals surface area contributed by atoms with Crippen molar-refractivity contribution in [3.05, 3.63) is 24.8 Å². The standard InChI is InChI=1S/C18H21F5O9/c1-5-7-28-8-11(3)13(25)30-9-12(24)32-16(4,14(26)29-6-2)18(22,23)15(27)31-10-17(19,20)21/h5H,1,3,6-10H2,2,4H3. The molecule has 0 amide bonds. The summed E-state index contributed by atoms with van der Waals surface area (Å²) in [6.07, 6.45) is -3.78. The van der Waals surface area contributed by atoms with Gasteiger partial charge in [-0.25, -0.2) is 19.2 Å². The van der Waals surface area contributed by atoms with E-state index in [-0.39, 0.29) is 25.7 Å². The molecule has 14 heteroatoms. The molecular formula is C18H21F5O9. The maximum absolute atomic E-state index is 14.5. The largest absolute Gasteiger partial charge is 0.463 e. The molecule has 0 fully saturated rings. The van der Waals surface area contributed by atoms with Crippen LogP contribution in [0.2, 0.25) is 0 Å². The molecule has 0 aliphatic heterocycles. The van der Waals surface area contributed by atoms with Gasteiger partial charge in [0.25, 0.3) is 5.60 Å². The van der Waals surface area contributed by atoms with E-state index in [1.165, 1.54) is 13.0 Å². The number of carbonyl (C=O) groups is 4. The summed E-state index contributed by atoms with van der Waals surface area (Å²) < 4.78 is 87.0. The minimum absolute atomic E-state index is 0.0613. The second-order valence-corrected chi connectivity index (χ2v) is 5.98. The molecule has 1 unspecified atom stereocenters. The van der Waals surface area contributed by atoms with Crippen LogP contribution in [0.15, 0.2) is 24.8 Å². The Balaban J connectivity index is 5.37. The van der Waals surface area contributed by atoms with E-state index in [1.54, 1.807) is 0 Å². The Morgan fingerprint density at radius 1 is 0.938 bits per heavy atom. The van der Waals surface area contributed by atoms with E-state index in [9.17, 15) is 41.1 Å². The normalized spacial score (nSPS) is 13.3. The van der Waals surface area contributed by atoms with Crippen LogP contribution in [0.25, 0.3) is 0 Å². The van der Waals surface area contributed by atoms with Crippen molar-refractivity contribution in [2.45, 2.75) is 31.5 Å². The maximum atomic E-state index is 14.5.